The van der Waals surface area contributed by atoms with Gasteiger partial charge in [0, 0.05) is 0 Å². The van der Waals surface area contributed by atoms with E-state index in [2.05, 4.69) is 6.92 Å². The quantitative estimate of drug-likeness (QED) is 0.0934. The maximum Gasteiger partial charge on any atom is 0.333 e. The van der Waals surface area contributed by atoms with E-state index in [1.165, 1.54) is 87.1 Å². The van der Waals surface area contributed by atoms with Crippen LogP contribution in [0.4, 0.5) is 0 Å². The molecule has 0 aliphatic rings. The molecule has 246 valence electrons. The summed E-state index contributed by atoms with van der Waals surface area (Å²) in [5.41, 5.74) is 0.387. The van der Waals surface area contributed by atoms with Crippen LogP contribution in [0.3, 0.4) is 0 Å². The second-order valence-electron chi connectivity index (χ2n) is 11.7. The fourth-order valence-electron chi connectivity index (χ4n) is 5.26. The third-order valence-electron chi connectivity index (χ3n) is 7.97. The molecule has 43 heavy (non-hydrogen) atoms. The third kappa shape index (κ3) is 13.2. The van der Waals surface area contributed by atoms with Crippen LogP contribution in [0.25, 0.3) is 0 Å². The average molecular weight is 625 g/mol. The molecule has 2 rings (SSSR count). The van der Waals surface area contributed by atoms with Crippen LogP contribution < -0.4 is 5.69 Å². The molecule has 3 unspecified atom stereocenters. The summed E-state index contributed by atoms with van der Waals surface area (Å²) in [6, 6.07) is 6.28. The maximum atomic E-state index is 13.1. The molecule has 0 bridgehead atoms. The summed E-state index contributed by atoms with van der Waals surface area (Å²) in [7, 11) is -3.99. The van der Waals surface area contributed by atoms with Crippen LogP contribution in [-0.4, -0.2) is 46.6 Å². The van der Waals surface area contributed by atoms with Crippen molar-refractivity contribution in [1.82, 2.24) is 9.13 Å². The van der Waals surface area contributed by atoms with Crippen molar-refractivity contribution in [2.24, 2.45) is 0 Å². The Morgan fingerprint density at radius 2 is 1.40 bits per heavy atom. The summed E-state index contributed by atoms with van der Waals surface area (Å²) >= 11 is 0. The Morgan fingerprint density at radius 3 is 1.91 bits per heavy atom. The van der Waals surface area contributed by atoms with Gasteiger partial charge in [0.2, 0.25) is 5.88 Å². The third-order valence-corrected chi connectivity index (χ3v) is 9.29. The fraction of sp³-hybridized carbons (Fsp3) is 0.727. The lowest BCUT2D eigenvalue weighted by Gasteiger charge is -2.26. The van der Waals surface area contributed by atoms with E-state index in [4.69, 9.17) is 8.92 Å². The lowest BCUT2D eigenvalue weighted by atomic mass is 10.0. The molecular formula is C33H56N2O7S. The summed E-state index contributed by atoms with van der Waals surface area (Å²) in [6.45, 7) is 7.19. The molecule has 1 heterocycles. The molecule has 0 aliphatic carbocycles. The Morgan fingerprint density at radius 1 is 0.860 bits per heavy atom. The van der Waals surface area contributed by atoms with Gasteiger partial charge >= 0.3 is 5.69 Å². The lowest BCUT2D eigenvalue weighted by Crippen LogP contribution is -2.34. The van der Waals surface area contributed by atoms with E-state index in [9.17, 15) is 23.4 Å². The van der Waals surface area contributed by atoms with Gasteiger partial charge in [-0.2, -0.15) is 8.42 Å². The van der Waals surface area contributed by atoms with Gasteiger partial charge in [-0.25, -0.2) is 4.79 Å². The number of aromatic hydroxyl groups is 1. The minimum absolute atomic E-state index is 0.0272. The number of benzene rings is 1. The maximum absolute atomic E-state index is 13.1. The van der Waals surface area contributed by atoms with Crippen LogP contribution in [0.5, 0.6) is 5.88 Å². The van der Waals surface area contributed by atoms with Gasteiger partial charge in [-0.15, -0.1) is 0 Å². The molecule has 0 amide bonds. The highest BCUT2D eigenvalue weighted by molar-refractivity contribution is 7.86. The van der Waals surface area contributed by atoms with Crippen LogP contribution >= 0.6 is 0 Å². The topological polar surface area (TPSA) is 120 Å². The molecule has 9 nitrogen and oxygen atoms in total. The molecule has 0 saturated carbocycles. The van der Waals surface area contributed by atoms with Crippen molar-refractivity contribution in [3.05, 3.63) is 46.5 Å². The van der Waals surface area contributed by atoms with E-state index in [1.54, 1.807) is 19.1 Å². The first kappa shape index (κ1) is 37.0. The van der Waals surface area contributed by atoms with Gasteiger partial charge in [-0.05, 0) is 38.8 Å². The number of aliphatic hydroxyl groups is 1. The molecule has 0 spiro atoms. The number of aliphatic hydroxyl groups excluding tert-OH is 1. The number of hydrogen-bond acceptors (Lipinski definition) is 7. The smallest absolute Gasteiger partial charge is 0.333 e. The van der Waals surface area contributed by atoms with Crippen molar-refractivity contribution in [1.29, 1.82) is 0 Å². The van der Waals surface area contributed by atoms with Crippen LogP contribution in [0.2, 0.25) is 0 Å². The van der Waals surface area contributed by atoms with Crippen molar-refractivity contribution in [2.75, 3.05) is 6.61 Å². The Hall–Kier alpha value is -2.14. The molecule has 0 saturated heterocycles. The molecule has 0 radical (unpaired) electrons. The zero-order valence-electron chi connectivity index (χ0n) is 26.9. The molecule has 3 atom stereocenters. The normalized spacial score (nSPS) is 14.2. The first-order valence-corrected chi connectivity index (χ1v) is 17.8. The minimum Gasteiger partial charge on any atom is -0.493 e. The predicted molar refractivity (Wildman–Crippen MR) is 171 cm³/mol. The average Bonchev–Trinajstić information content (AvgIpc) is 3.25. The molecule has 2 aromatic rings. The van der Waals surface area contributed by atoms with Gasteiger partial charge in [0.05, 0.1) is 36.5 Å². The number of rotatable bonds is 24. The zero-order chi connectivity index (χ0) is 31.7. The van der Waals surface area contributed by atoms with Gasteiger partial charge in [0.1, 0.15) is 6.23 Å². The number of aryl methyl sites for hydroxylation is 1. The first-order valence-electron chi connectivity index (χ1n) is 16.4. The second kappa shape index (κ2) is 20.0. The van der Waals surface area contributed by atoms with E-state index < -0.39 is 34.2 Å². The lowest BCUT2D eigenvalue weighted by molar-refractivity contribution is -0.107. The number of ether oxygens (including phenoxy) is 1. The Balaban J connectivity index is 1.79. The summed E-state index contributed by atoms with van der Waals surface area (Å²) in [4.78, 5) is 13.1. The summed E-state index contributed by atoms with van der Waals surface area (Å²) in [6.07, 6.45) is 17.0. The highest BCUT2D eigenvalue weighted by Gasteiger charge is 2.24. The molecule has 1 aromatic carbocycles. The summed E-state index contributed by atoms with van der Waals surface area (Å²) in [5, 5.41) is 20.8. The number of aromatic nitrogens is 2. The van der Waals surface area contributed by atoms with E-state index in [0.29, 0.717) is 12.8 Å². The van der Waals surface area contributed by atoms with Gasteiger partial charge in [-0.1, -0.05) is 115 Å². The van der Waals surface area contributed by atoms with Crippen LogP contribution in [0, 0.1) is 6.92 Å². The van der Waals surface area contributed by atoms with Gasteiger partial charge in [0.15, 0.2) is 0 Å². The van der Waals surface area contributed by atoms with E-state index in [-0.39, 0.29) is 23.9 Å². The number of nitrogens with zero attached hydrogens (tertiary/aromatic N) is 2. The van der Waals surface area contributed by atoms with Crippen LogP contribution in [0.1, 0.15) is 129 Å². The predicted octanol–water partition coefficient (Wildman–Crippen LogP) is 7.23. The monoisotopic (exact) mass is 624 g/mol. The van der Waals surface area contributed by atoms with E-state index in [1.807, 2.05) is 13.8 Å². The van der Waals surface area contributed by atoms with Crippen LogP contribution in [-0.2, 0) is 25.6 Å². The SMILES string of the molecule is CCCCCCCCCCCCCCCC(OC(CC)n1cc(O)n(CCOS(=O)(=O)c2ccc(C)cc2)c1=O)C(C)O. The molecule has 2 N–H and O–H groups in total. The van der Waals surface area contributed by atoms with Crippen molar-refractivity contribution in [3.8, 4) is 5.88 Å². The number of unbranched alkanes of at least 4 members (excludes halogenated alkanes) is 12. The van der Waals surface area contributed by atoms with Crippen molar-refractivity contribution in [3.63, 3.8) is 0 Å². The molecule has 0 fully saturated rings. The Bertz CT molecular complexity index is 1190. The minimum atomic E-state index is -3.99. The largest absolute Gasteiger partial charge is 0.493 e. The van der Waals surface area contributed by atoms with E-state index in [0.717, 1.165) is 29.4 Å². The standard InChI is InChI=1S/C33H56N2O7S/c1-5-7-8-9-10-11-12-13-14-15-16-17-18-19-30(28(4)36)42-32(6-2)35-26-31(37)34(33(35)38)24-25-41-43(39,40)29-22-20-27(3)21-23-29/h20-23,26,28,30,32,36-37H,5-19,24-25H2,1-4H3. The number of imidazole rings is 1. The van der Waals surface area contributed by atoms with Crippen LogP contribution in [0.15, 0.2) is 40.2 Å². The molecular weight excluding hydrogens is 568 g/mol. The number of hydrogen-bond donors (Lipinski definition) is 2. The second-order valence-corrected chi connectivity index (χ2v) is 13.3. The Labute approximate surface area is 259 Å². The molecule has 0 aliphatic heterocycles. The first-order chi connectivity index (χ1) is 20.6. The molecule has 1 aromatic heterocycles. The van der Waals surface area contributed by atoms with Gasteiger partial charge in [0.25, 0.3) is 10.1 Å². The highest BCUT2D eigenvalue weighted by atomic mass is 32.2. The Kier molecular flexibility index (Phi) is 17.2. The van der Waals surface area contributed by atoms with Gasteiger partial charge in [-0.3, -0.25) is 13.3 Å². The summed E-state index contributed by atoms with van der Waals surface area (Å²) < 4.78 is 38.6. The van der Waals surface area contributed by atoms with E-state index >= 15 is 0 Å². The van der Waals surface area contributed by atoms with Crippen molar-refractivity contribution >= 4 is 10.1 Å². The highest BCUT2D eigenvalue weighted by Crippen LogP contribution is 2.23. The zero-order valence-corrected chi connectivity index (χ0v) is 27.7. The van der Waals surface area contributed by atoms with Crippen molar-refractivity contribution < 1.29 is 27.6 Å². The summed E-state index contributed by atoms with van der Waals surface area (Å²) in [5.74, 6) is -0.312. The van der Waals surface area contributed by atoms with Crippen molar-refractivity contribution in [2.45, 2.75) is 154 Å². The fourth-order valence-corrected chi connectivity index (χ4v) is 6.16. The van der Waals surface area contributed by atoms with Gasteiger partial charge < -0.3 is 14.9 Å². The molecule has 10 heteroatoms.